The van der Waals surface area contributed by atoms with E-state index in [9.17, 15) is 0 Å². The van der Waals surface area contributed by atoms with Crippen LogP contribution in [0.25, 0.3) is 5.65 Å². The molecule has 0 amide bonds. The monoisotopic (exact) mass is 286 g/mol. The second-order valence-electron chi connectivity index (χ2n) is 3.81. The molecule has 0 fully saturated rings. The molecule has 0 saturated heterocycles. The van der Waals surface area contributed by atoms with Crippen LogP contribution < -0.4 is 0 Å². The Bertz CT molecular complexity index is 491. The first-order valence-electron chi connectivity index (χ1n) is 4.86. The van der Waals surface area contributed by atoms with E-state index >= 15 is 0 Å². The van der Waals surface area contributed by atoms with Gasteiger partial charge in [-0.25, -0.2) is 4.98 Å². The first kappa shape index (κ1) is 11.0. The molecule has 4 heteroatoms. The summed E-state index contributed by atoms with van der Waals surface area (Å²) >= 11 is 9.40. The van der Waals surface area contributed by atoms with Gasteiger partial charge in [-0.15, -0.1) is 11.6 Å². The second kappa shape index (κ2) is 4.14. The average Bonchev–Trinajstić information content (AvgIpc) is 2.55. The number of nitrogens with zero attached hydrogens (tertiary/aromatic N) is 2. The molecule has 0 atom stereocenters. The van der Waals surface area contributed by atoms with E-state index in [0.29, 0.717) is 11.8 Å². The number of imidazole rings is 1. The van der Waals surface area contributed by atoms with E-state index in [1.807, 2.05) is 22.7 Å². The zero-order chi connectivity index (χ0) is 11.0. The summed E-state index contributed by atoms with van der Waals surface area (Å²) in [4.78, 5) is 4.59. The molecular weight excluding hydrogens is 275 g/mol. The quantitative estimate of drug-likeness (QED) is 0.764. The van der Waals surface area contributed by atoms with Gasteiger partial charge in [0.1, 0.15) is 5.65 Å². The fourth-order valence-electron chi connectivity index (χ4n) is 1.68. The molecule has 80 valence electrons. The summed E-state index contributed by atoms with van der Waals surface area (Å²) < 4.78 is 3.09. The van der Waals surface area contributed by atoms with E-state index in [0.717, 1.165) is 21.5 Å². The molecule has 0 N–H and O–H groups in total. The van der Waals surface area contributed by atoms with Crippen LogP contribution in [0, 0.1) is 0 Å². The van der Waals surface area contributed by atoms with Crippen LogP contribution in [-0.4, -0.2) is 9.38 Å². The Morgan fingerprint density at radius 1 is 1.53 bits per heavy atom. The molecule has 0 radical (unpaired) electrons. The van der Waals surface area contributed by atoms with Crippen molar-refractivity contribution >= 4 is 33.2 Å². The van der Waals surface area contributed by atoms with Gasteiger partial charge < -0.3 is 4.40 Å². The van der Waals surface area contributed by atoms with Gasteiger partial charge in [0, 0.05) is 10.7 Å². The number of hydrogen-bond donors (Lipinski definition) is 0. The summed E-state index contributed by atoms with van der Waals surface area (Å²) in [7, 11) is 0. The lowest BCUT2D eigenvalue weighted by molar-refractivity contribution is 0.818. The largest absolute Gasteiger partial charge is 0.302 e. The fraction of sp³-hybridized carbons (Fsp3) is 0.364. The summed E-state index contributed by atoms with van der Waals surface area (Å²) in [5, 5.41) is 0. The lowest BCUT2D eigenvalue weighted by atomic mass is 10.1. The van der Waals surface area contributed by atoms with Gasteiger partial charge in [0.05, 0.1) is 17.3 Å². The number of hydrogen-bond acceptors (Lipinski definition) is 1. The Hall–Kier alpha value is -0.540. The van der Waals surface area contributed by atoms with Gasteiger partial charge >= 0.3 is 0 Å². The molecule has 2 rings (SSSR count). The van der Waals surface area contributed by atoms with Gasteiger partial charge in [-0.3, -0.25) is 0 Å². The highest BCUT2D eigenvalue weighted by Gasteiger charge is 2.13. The van der Waals surface area contributed by atoms with Gasteiger partial charge in [-0.1, -0.05) is 29.8 Å². The van der Waals surface area contributed by atoms with Crippen LogP contribution in [0.2, 0.25) is 0 Å². The van der Waals surface area contributed by atoms with Gasteiger partial charge in [0.25, 0.3) is 0 Å². The van der Waals surface area contributed by atoms with E-state index in [1.165, 1.54) is 0 Å². The third-order valence-electron chi connectivity index (χ3n) is 2.39. The van der Waals surface area contributed by atoms with Crippen LogP contribution in [-0.2, 0) is 5.88 Å². The topological polar surface area (TPSA) is 17.3 Å². The summed E-state index contributed by atoms with van der Waals surface area (Å²) in [6, 6.07) is 4.00. The normalized spacial score (nSPS) is 11.5. The minimum absolute atomic E-state index is 0.400. The molecular formula is C11H12BrClN2. The molecule has 0 aliphatic heterocycles. The second-order valence-corrected chi connectivity index (χ2v) is 4.99. The van der Waals surface area contributed by atoms with E-state index in [1.54, 1.807) is 0 Å². The van der Waals surface area contributed by atoms with Gasteiger partial charge in [0.15, 0.2) is 0 Å². The van der Waals surface area contributed by atoms with Crippen molar-refractivity contribution in [2.24, 2.45) is 0 Å². The molecule has 2 nitrogen and oxygen atoms in total. The van der Waals surface area contributed by atoms with E-state index in [2.05, 4.69) is 34.8 Å². The number of alkyl halides is 1. The highest BCUT2D eigenvalue weighted by molar-refractivity contribution is 9.10. The number of aromatic nitrogens is 2. The van der Waals surface area contributed by atoms with Crippen LogP contribution in [0.3, 0.4) is 0 Å². The summed E-state index contributed by atoms with van der Waals surface area (Å²) in [6.07, 6.45) is 2.00. The lowest BCUT2D eigenvalue weighted by Crippen LogP contribution is -1.95. The van der Waals surface area contributed by atoms with E-state index in [-0.39, 0.29) is 0 Å². The molecule has 0 saturated carbocycles. The predicted molar refractivity (Wildman–Crippen MR) is 66.5 cm³/mol. The molecule has 0 spiro atoms. The molecule has 0 bridgehead atoms. The third kappa shape index (κ3) is 1.91. The zero-order valence-electron chi connectivity index (χ0n) is 8.67. The Morgan fingerprint density at radius 3 is 2.87 bits per heavy atom. The Labute approximate surface area is 102 Å². The molecule has 0 aromatic carbocycles. The Kier molecular flexibility index (Phi) is 3.03. The van der Waals surface area contributed by atoms with Crippen LogP contribution in [0.4, 0.5) is 0 Å². The van der Waals surface area contributed by atoms with Crippen LogP contribution in [0.1, 0.15) is 31.2 Å². The van der Waals surface area contributed by atoms with Crippen molar-refractivity contribution in [1.82, 2.24) is 9.38 Å². The van der Waals surface area contributed by atoms with Crippen molar-refractivity contribution in [3.8, 4) is 0 Å². The molecule has 2 aromatic heterocycles. The Morgan fingerprint density at radius 2 is 2.27 bits per heavy atom. The average molecular weight is 288 g/mol. The van der Waals surface area contributed by atoms with Crippen molar-refractivity contribution < 1.29 is 0 Å². The smallest absolute Gasteiger partial charge is 0.138 e. The van der Waals surface area contributed by atoms with E-state index < -0.39 is 0 Å². The minimum atomic E-state index is 0.400. The SMILES string of the molecule is CC(C)c1nc2cc(Br)ccn2c1CCl. The minimum Gasteiger partial charge on any atom is -0.302 e. The predicted octanol–water partition coefficient (Wildman–Crippen LogP) is 3.96. The Balaban J connectivity index is 2.73. The van der Waals surface area contributed by atoms with Crippen molar-refractivity contribution in [1.29, 1.82) is 0 Å². The van der Waals surface area contributed by atoms with Crippen molar-refractivity contribution in [3.05, 3.63) is 34.2 Å². The van der Waals surface area contributed by atoms with Gasteiger partial charge in [0.2, 0.25) is 0 Å². The maximum atomic E-state index is 5.96. The first-order valence-corrected chi connectivity index (χ1v) is 6.18. The third-order valence-corrected chi connectivity index (χ3v) is 3.14. The summed E-state index contributed by atoms with van der Waals surface area (Å²) in [5.41, 5.74) is 3.13. The van der Waals surface area contributed by atoms with Crippen molar-refractivity contribution in [2.45, 2.75) is 25.6 Å². The van der Waals surface area contributed by atoms with Gasteiger partial charge in [-0.2, -0.15) is 0 Å². The van der Waals surface area contributed by atoms with Crippen molar-refractivity contribution in [2.75, 3.05) is 0 Å². The van der Waals surface area contributed by atoms with Crippen LogP contribution in [0.15, 0.2) is 22.8 Å². The molecule has 0 unspecified atom stereocenters. The first-order chi connectivity index (χ1) is 7.13. The molecule has 15 heavy (non-hydrogen) atoms. The lowest BCUT2D eigenvalue weighted by Gasteiger charge is -2.03. The maximum Gasteiger partial charge on any atom is 0.138 e. The zero-order valence-corrected chi connectivity index (χ0v) is 11.0. The fourth-order valence-corrected chi connectivity index (χ4v) is 2.27. The highest BCUT2D eigenvalue weighted by atomic mass is 79.9. The van der Waals surface area contributed by atoms with Crippen LogP contribution in [0.5, 0.6) is 0 Å². The molecule has 2 heterocycles. The highest BCUT2D eigenvalue weighted by Crippen LogP contribution is 2.23. The number of fused-ring (bicyclic) bond motifs is 1. The number of rotatable bonds is 2. The molecule has 0 aliphatic carbocycles. The van der Waals surface area contributed by atoms with Crippen molar-refractivity contribution in [3.63, 3.8) is 0 Å². The summed E-state index contributed by atoms with van der Waals surface area (Å²) in [6.45, 7) is 4.26. The summed E-state index contributed by atoms with van der Waals surface area (Å²) in [5.74, 6) is 0.897. The van der Waals surface area contributed by atoms with Gasteiger partial charge in [-0.05, 0) is 18.1 Å². The maximum absolute atomic E-state index is 5.96. The van der Waals surface area contributed by atoms with E-state index in [4.69, 9.17) is 11.6 Å². The standard InChI is InChI=1S/C11H12BrClN2/c1-7(2)11-9(6-13)15-4-3-8(12)5-10(15)14-11/h3-5,7H,6H2,1-2H3. The van der Waals surface area contributed by atoms with Crippen LogP contribution >= 0.6 is 27.5 Å². The molecule has 2 aromatic rings. The molecule has 0 aliphatic rings. The number of pyridine rings is 1. The number of halogens is 2.